The number of aliphatic hydroxyl groups is 1. The number of allylic oxidation sites excluding steroid dienone is 1. The van der Waals surface area contributed by atoms with Gasteiger partial charge in [-0.3, -0.25) is 0 Å². The van der Waals surface area contributed by atoms with E-state index in [1.54, 1.807) is 12.1 Å². The number of benzene rings is 1. The largest absolute Gasteiger partial charge is 0.508 e. The molecule has 2 heteroatoms. The fourth-order valence-corrected chi connectivity index (χ4v) is 1.59. The highest BCUT2D eigenvalue weighted by molar-refractivity contribution is 5.69. The summed E-state index contributed by atoms with van der Waals surface area (Å²) in [4.78, 5) is 0. The molecule has 0 aliphatic rings. The third-order valence-corrected chi connectivity index (χ3v) is 2.28. The predicted molar refractivity (Wildman–Crippen MR) is 62.6 cm³/mol. The van der Waals surface area contributed by atoms with Gasteiger partial charge in [-0.15, -0.1) is 0 Å². The lowest BCUT2D eigenvalue weighted by atomic mass is 9.82. The van der Waals surface area contributed by atoms with Gasteiger partial charge in [-0.2, -0.15) is 0 Å². The Balaban J connectivity index is 3.11. The van der Waals surface area contributed by atoms with E-state index in [1.165, 1.54) is 0 Å². The predicted octanol–water partition coefficient (Wildman–Crippen LogP) is 2.81. The fourth-order valence-electron chi connectivity index (χ4n) is 1.59. The van der Waals surface area contributed by atoms with Gasteiger partial charge < -0.3 is 10.2 Å². The van der Waals surface area contributed by atoms with E-state index in [9.17, 15) is 5.11 Å². The van der Waals surface area contributed by atoms with Crippen molar-refractivity contribution in [2.45, 2.75) is 20.8 Å². The Morgan fingerprint density at radius 3 is 2.13 bits per heavy atom. The van der Waals surface area contributed by atoms with Gasteiger partial charge in [-0.1, -0.05) is 39.0 Å². The molecule has 2 nitrogen and oxygen atoms in total. The molecule has 0 aromatic heterocycles. The molecule has 0 bridgehead atoms. The van der Waals surface area contributed by atoms with E-state index in [0.29, 0.717) is 0 Å². The zero-order chi connectivity index (χ0) is 11.5. The van der Waals surface area contributed by atoms with Crippen molar-refractivity contribution >= 4 is 5.57 Å². The van der Waals surface area contributed by atoms with Crippen molar-refractivity contribution in [2.24, 2.45) is 5.41 Å². The van der Waals surface area contributed by atoms with Gasteiger partial charge in [0, 0.05) is 0 Å². The van der Waals surface area contributed by atoms with Gasteiger partial charge in [0.2, 0.25) is 0 Å². The smallest absolute Gasteiger partial charge is 0.115 e. The molecule has 0 saturated heterocycles. The summed E-state index contributed by atoms with van der Waals surface area (Å²) in [7, 11) is 0. The normalized spacial score (nSPS) is 12.9. The molecule has 1 aromatic rings. The van der Waals surface area contributed by atoms with E-state index < -0.39 is 0 Å². The van der Waals surface area contributed by atoms with Crippen LogP contribution < -0.4 is 0 Å². The van der Waals surface area contributed by atoms with Crippen molar-refractivity contribution in [1.82, 2.24) is 0 Å². The minimum Gasteiger partial charge on any atom is -0.508 e. The van der Waals surface area contributed by atoms with Crippen LogP contribution in [-0.2, 0) is 0 Å². The highest BCUT2D eigenvalue weighted by Gasteiger charge is 2.18. The van der Waals surface area contributed by atoms with Crippen molar-refractivity contribution in [1.29, 1.82) is 0 Å². The molecule has 0 heterocycles. The Morgan fingerprint density at radius 1 is 1.20 bits per heavy atom. The number of aliphatic hydroxyl groups excluding tert-OH is 1. The molecular weight excluding hydrogens is 188 g/mol. The molecule has 2 N–H and O–H groups in total. The average molecular weight is 206 g/mol. The summed E-state index contributed by atoms with van der Waals surface area (Å²) in [6.07, 6.45) is 1.81. The molecule has 0 aliphatic heterocycles. The summed E-state index contributed by atoms with van der Waals surface area (Å²) in [6, 6.07) is 7.04. The summed E-state index contributed by atoms with van der Waals surface area (Å²) in [6.45, 7) is 6.33. The highest BCUT2D eigenvalue weighted by Crippen LogP contribution is 2.34. The van der Waals surface area contributed by atoms with Crippen LogP contribution in [0.4, 0.5) is 0 Å². The van der Waals surface area contributed by atoms with Gasteiger partial charge in [0.05, 0.1) is 6.61 Å². The third kappa shape index (κ3) is 3.10. The Bertz CT molecular complexity index is 342. The number of aromatic hydroxyl groups is 1. The fraction of sp³-hybridized carbons (Fsp3) is 0.385. The monoisotopic (exact) mass is 206 g/mol. The summed E-state index contributed by atoms with van der Waals surface area (Å²) in [5.41, 5.74) is 2.11. The molecule has 0 atom stereocenters. The number of hydrogen-bond donors (Lipinski definition) is 2. The van der Waals surface area contributed by atoms with E-state index in [1.807, 2.05) is 18.2 Å². The second kappa shape index (κ2) is 4.49. The van der Waals surface area contributed by atoms with Crippen LogP contribution in [0.2, 0.25) is 0 Å². The van der Waals surface area contributed by atoms with Crippen LogP contribution >= 0.6 is 0 Å². The van der Waals surface area contributed by atoms with E-state index in [-0.39, 0.29) is 17.8 Å². The Hall–Kier alpha value is -1.28. The molecule has 0 unspecified atom stereocenters. The molecule has 1 rings (SSSR count). The van der Waals surface area contributed by atoms with E-state index in [0.717, 1.165) is 11.1 Å². The lowest BCUT2D eigenvalue weighted by Gasteiger charge is -2.23. The molecule has 0 radical (unpaired) electrons. The Morgan fingerprint density at radius 2 is 1.73 bits per heavy atom. The van der Waals surface area contributed by atoms with Crippen LogP contribution in [-0.4, -0.2) is 16.8 Å². The number of rotatable bonds is 2. The summed E-state index contributed by atoms with van der Waals surface area (Å²) >= 11 is 0. The Kier molecular flexibility index (Phi) is 3.53. The lowest BCUT2D eigenvalue weighted by molar-refractivity contribution is 0.341. The van der Waals surface area contributed by atoms with Crippen LogP contribution in [0.25, 0.3) is 5.57 Å². The van der Waals surface area contributed by atoms with Crippen LogP contribution in [0.1, 0.15) is 26.3 Å². The standard InChI is InChI=1S/C13H18O2/c1-13(2,3)12(8-9-14)10-4-6-11(15)7-5-10/h4-8,14-15H,9H2,1-3H3/b12-8+. The summed E-state index contributed by atoms with van der Waals surface area (Å²) < 4.78 is 0. The van der Waals surface area contributed by atoms with Crippen LogP contribution in [0.5, 0.6) is 5.75 Å². The van der Waals surface area contributed by atoms with Crippen molar-refractivity contribution in [2.75, 3.05) is 6.61 Å². The number of phenolic OH excluding ortho intramolecular Hbond substituents is 1. The van der Waals surface area contributed by atoms with E-state index in [4.69, 9.17) is 5.11 Å². The van der Waals surface area contributed by atoms with Gasteiger partial charge in [0.25, 0.3) is 0 Å². The quantitative estimate of drug-likeness (QED) is 0.781. The zero-order valence-corrected chi connectivity index (χ0v) is 9.49. The minimum absolute atomic E-state index is 0.0142. The van der Waals surface area contributed by atoms with Crippen LogP contribution in [0.3, 0.4) is 0 Å². The number of phenols is 1. The van der Waals surface area contributed by atoms with Gasteiger partial charge in [0.15, 0.2) is 0 Å². The second-order valence-corrected chi connectivity index (χ2v) is 4.60. The molecule has 0 saturated carbocycles. The van der Waals surface area contributed by atoms with Crippen molar-refractivity contribution < 1.29 is 10.2 Å². The van der Waals surface area contributed by atoms with Crippen molar-refractivity contribution in [3.8, 4) is 5.75 Å². The maximum atomic E-state index is 9.20. The van der Waals surface area contributed by atoms with E-state index in [2.05, 4.69) is 20.8 Å². The van der Waals surface area contributed by atoms with Crippen LogP contribution in [0, 0.1) is 5.41 Å². The van der Waals surface area contributed by atoms with Crippen molar-refractivity contribution in [3.05, 3.63) is 35.9 Å². The summed E-state index contributed by atoms with van der Waals surface area (Å²) in [5.74, 6) is 0.260. The molecule has 0 spiro atoms. The molecular formula is C13H18O2. The second-order valence-electron chi connectivity index (χ2n) is 4.60. The average Bonchev–Trinajstić information content (AvgIpc) is 2.14. The first kappa shape index (κ1) is 11.8. The minimum atomic E-state index is -0.0142. The zero-order valence-electron chi connectivity index (χ0n) is 9.49. The maximum Gasteiger partial charge on any atom is 0.115 e. The topological polar surface area (TPSA) is 40.5 Å². The lowest BCUT2D eigenvalue weighted by Crippen LogP contribution is -2.09. The summed E-state index contributed by atoms with van der Waals surface area (Å²) in [5, 5.41) is 18.2. The molecule has 1 aromatic carbocycles. The maximum absolute atomic E-state index is 9.20. The van der Waals surface area contributed by atoms with Gasteiger partial charge in [-0.05, 0) is 28.7 Å². The Labute approximate surface area is 90.9 Å². The van der Waals surface area contributed by atoms with Crippen molar-refractivity contribution in [3.63, 3.8) is 0 Å². The third-order valence-electron chi connectivity index (χ3n) is 2.28. The van der Waals surface area contributed by atoms with E-state index >= 15 is 0 Å². The molecule has 0 aliphatic carbocycles. The highest BCUT2D eigenvalue weighted by atomic mass is 16.3. The molecule has 0 fully saturated rings. The van der Waals surface area contributed by atoms with Gasteiger partial charge in [-0.25, -0.2) is 0 Å². The van der Waals surface area contributed by atoms with Gasteiger partial charge >= 0.3 is 0 Å². The first-order valence-corrected chi connectivity index (χ1v) is 5.06. The van der Waals surface area contributed by atoms with Crippen LogP contribution in [0.15, 0.2) is 30.3 Å². The SMILES string of the molecule is CC(C)(C)/C(=C/CO)c1ccc(O)cc1. The first-order valence-electron chi connectivity index (χ1n) is 5.06. The molecule has 0 amide bonds. The van der Waals surface area contributed by atoms with Gasteiger partial charge in [0.1, 0.15) is 5.75 Å². The molecule has 15 heavy (non-hydrogen) atoms. The molecule has 82 valence electrons. The number of hydrogen-bond acceptors (Lipinski definition) is 2. The first-order chi connectivity index (χ1) is 6.95.